The molecule has 23 heavy (non-hydrogen) atoms. The Morgan fingerprint density at radius 3 is 2.57 bits per heavy atom. The zero-order valence-electron chi connectivity index (χ0n) is 13.4. The Balaban J connectivity index is 1.70. The second-order valence-electron chi connectivity index (χ2n) is 5.19. The van der Waals surface area contributed by atoms with E-state index in [2.05, 4.69) is 17.6 Å². The number of ether oxygens (including phenoxy) is 1. The van der Waals surface area contributed by atoms with Gasteiger partial charge in [-0.3, -0.25) is 0 Å². The number of benzene rings is 2. The number of hydrogen-bond donors (Lipinski definition) is 2. The zero-order valence-corrected chi connectivity index (χ0v) is 14.1. The lowest BCUT2D eigenvalue weighted by molar-refractivity contribution is 0.247. The summed E-state index contributed by atoms with van der Waals surface area (Å²) in [6, 6.07) is 13.1. The molecule has 2 aromatic rings. The molecule has 0 saturated carbocycles. The molecule has 0 aliphatic heterocycles. The van der Waals surface area contributed by atoms with Gasteiger partial charge in [-0.15, -0.1) is 0 Å². The van der Waals surface area contributed by atoms with Crippen molar-refractivity contribution < 1.29 is 9.53 Å². The SMILES string of the molecule is CCc1ccc(OCCNC(=O)Nc2ccc(C)c(Cl)c2)cc1. The summed E-state index contributed by atoms with van der Waals surface area (Å²) in [4.78, 5) is 11.8. The van der Waals surface area contributed by atoms with Gasteiger partial charge in [0.25, 0.3) is 0 Å². The smallest absolute Gasteiger partial charge is 0.319 e. The van der Waals surface area contributed by atoms with Crippen molar-refractivity contribution in [2.75, 3.05) is 18.5 Å². The van der Waals surface area contributed by atoms with Crippen LogP contribution in [0.1, 0.15) is 18.1 Å². The minimum absolute atomic E-state index is 0.283. The highest BCUT2D eigenvalue weighted by molar-refractivity contribution is 6.31. The Morgan fingerprint density at radius 2 is 1.91 bits per heavy atom. The number of amides is 2. The van der Waals surface area contributed by atoms with Crippen molar-refractivity contribution in [3.8, 4) is 5.75 Å². The van der Waals surface area contributed by atoms with Gasteiger partial charge in [0, 0.05) is 10.7 Å². The first-order valence-corrected chi connectivity index (χ1v) is 7.99. The topological polar surface area (TPSA) is 50.4 Å². The van der Waals surface area contributed by atoms with Crippen molar-refractivity contribution in [1.82, 2.24) is 5.32 Å². The molecule has 0 fully saturated rings. The summed E-state index contributed by atoms with van der Waals surface area (Å²) < 4.78 is 5.58. The predicted molar refractivity (Wildman–Crippen MR) is 94.5 cm³/mol. The molecule has 0 spiro atoms. The minimum Gasteiger partial charge on any atom is -0.492 e. The quantitative estimate of drug-likeness (QED) is 0.770. The van der Waals surface area contributed by atoms with Crippen molar-refractivity contribution in [3.63, 3.8) is 0 Å². The second-order valence-corrected chi connectivity index (χ2v) is 5.60. The van der Waals surface area contributed by atoms with Crippen LogP contribution in [0.3, 0.4) is 0 Å². The number of anilines is 1. The molecule has 0 saturated heterocycles. The Kier molecular flexibility index (Phi) is 6.29. The highest BCUT2D eigenvalue weighted by atomic mass is 35.5. The second kappa shape index (κ2) is 8.44. The standard InChI is InChI=1S/C18H21ClN2O2/c1-3-14-5-8-16(9-6-14)23-11-10-20-18(22)21-15-7-4-13(2)17(19)12-15/h4-9,12H,3,10-11H2,1-2H3,(H2,20,21,22). The lowest BCUT2D eigenvalue weighted by Gasteiger charge is -2.10. The molecule has 5 heteroatoms. The third kappa shape index (κ3) is 5.49. The first-order valence-electron chi connectivity index (χ1n) is 7.61. The van der Waals surface area contributed by atoms with Crippen molar-refractivity contribution in [3.05, 3.63) is 58.6 Å². The number of nitrogens with one attached hydrogen (secondary N) is 2. The van der Waals surface area contributed by atoms with Gasteiger partial charge in [-0.05, 0) is 48.7 Å². The van der Waals surface area contributed by atoms with Gasteiger partial charge >= 0.3 is 6.03 Å². The summed E-state index contributed by atoms with van der Waals surface area (Å²) in [7, 11) is 0. The molecular formula is C18H21ClN2O2. The van der Waals surface area contributed by atoms with Gasteiger partial charge in [0.15, 0.2) is 0 Å². The van der Waals surface area contributed by atoms with Crippen molar-refractivity contribution in [2.24, 2.45) is 0 Å². The van der Waals surface area contributed by atoms with Gasteiger partial charge in [0.2, 0.25) is 0 Å². The average molecular weight is 333 g/mol. The number of aryl methyl sites for hydroxylation is 2. The summed E-state index contributed by atoms with van der Waals surface area (Å²) in [5, 5.41) is 6.10. The van der Waals surface area contributed by atoms with Crippen LogP contribution >= 0.6 is 11.6 Å². The van der Waals surface area contributed by atoms with E-state index in [1.807, 2.05) is 43.3 Å². The van der Waals surface area contributed by atoms with Gasteiger partial charge < -0.3 is 15.4 Å². The van der Waals surface area contributed by atoms with Crippen molar-refractivity contribution >= 4 is 23.3 Å². The molecule has 2 amide bonds. The third-order valence-electron chi connectivity index (χ3n) is 3.42. The molecular weight excluding hydrogens is 312 g/mol. The lowest BCUT2D eigenvalue weighted by Crippen LogP contribution is -2.32. The van der Waals surface area contributed by atoms with Crippen molar-refractivity contribution in [1.29, 1.82) is 0 Å². The Bertz CT molecular complexity index is 657. The minimum atomic E-state index is -0.283. The van der Waals surface area contributed by atoms with E-state index < -0.39 is 0 Å². The van der Waals surface area contributed by atoms with Crippen LogP contribution in [-0.4, -0.2) is 19.2 Å². The van der Waals surface area contributed by atoms with E-state index in [4.69, 9.17) is 16.3 Å². The maximum Gasteiger partial charge on any atom is 0.319 e. The number of carbonyl (C=O) groups excluding carboxylic acids is 1. The monoisotopic (exact) mass is 332 g/mol. The normalized spacial score (nSPS) is 10.2. The first-order chi connectivity index (χ1) is 11.1. The van der Waals surface area contributed by atoms with Crippen molar-refractivity contribution in [2.45, 2.75) is 20.3 Å². The van der Waals surface area contributed by atoms with Crippen LogP contribution in [0.25, 0.3) is 0 Å². The van der Waals surface area contributed by atoms with E-state index in [0.717, 1.165) is 17.7 Å². The molecule has 2 aromatic carbocycles. The van der Waals surface area contributed by atoms with Gasteiger partial charge in [0.05, 0.1) is 6.54 Å². The predicted octanol–water partition coefficient (Wildman–Crippen LogP) is 4.41. The summed E-state index contributed by atoms with van der Waals surface area (Å²) in [6.45, 7) is 4.85. The average Bonchev–Trinajstić information content (AvgIpc) is 2.55. The Morgan fingerprint density at radius 1 is 1.17 bits per heavy atom. The van der Waals surface area contributed by atoms with Gasteiger partial charge in [-0.1, -0.05) is 36.7 Å². The van der Waals surface area contributed by atoms with Gasteiger partial charge in [-0.25, -0.2) is 4.79 Å². The van der Waals surface area contributed by atoms with Crippen LogP contribution in [0, 0.1) is 6.92 Å². The third-order valence-corrected chi connectivity index (χ3v) is 3.82. The van der Waals surface area contributed by atoms with Crippen LogP contribution < -0.4 is 15.4 Å². The fraction of sp³-hybridized carbons (Fsp3) is 0.278. The van der Waals surface area contributed by atoms with Crippen LogP contribution in [0.5, 0.6) is 5.75 Å². The molecule has 0 aliphatic carbocycles. The molecule has 4 nitrogen and oxygen atoms in total. The first kappa shape index (κ1) is 17.2. The molecule has 2 N–H and O–H groups in total. The molecule has 122 valence electrons. The zero-order chi connectivity index (χ0) is 16.7. The van der Waals surface area contributed by atoms with Crippen LogP contribution in [0.4, 0.5) is 10.5 Å². The molecule has 0 aliphatic rings. The fourth-order valence-electron chi connectivity index (χ4n) is 2.00. The van der Waals surface area contributed by atoms with E-state index in [-0.39, 0.29) is 6.03 Å². The number of carbonyl (C=O) groups is 1. The highest BCUT2D eigenvalue weighted by Gasteiger charge is 2.03. The number of urea groups is 1. The molecule has 0 radical (unpaired) electrons. The molecule has 0 unspecified atom stereocenters. The maximum absolute atomic E-state index is 11.8. The van der Waals surface area contributed by atoms with E-state index in [1.165, 1.54) is 5.56 Å². The fourth-order valence-corrected chi connectivity index (χ4v) is 2.18. The van der Waals surface area contributed by atoms with Gasteiger partial charge in [0.1, 0.15) is 12.4 Å². The molecule has 0 heterocycles. The van der Waals surface area contributed by atoms with Crippen LogP contribution in [-0.2, 0) is 6.42 Å². The molecule has 0 atom stereocenters. The summed E-state index contributed by atoms with van der Waals surface area (Å²) in [5.41, 5.74) is 2.90. The molecule has 0 aromatic heterocycles. The van der Waals surface area contributed by atoms with Crippen LogP contribution in [0.2, 0.25) is 5.02 Å². The van der Waals surface area contributed by atoms with E-state index in [0.29, 0.717) is 23.9 Å². The number of hydrogen-bond acceptors (Lipinski definition) is 2. The highest BCUT2D eigenvalue weighted by Crippen LogP contribution is 2.19. The summed E-state index contributed by atoms with van der Waals surface area (Å²) >= 11 is 6.02. The Labute approximate surface area is 141 Å². The lowest BCUT2D eigenvalue weighted by atomic mass is 10.2. The summed E-state index contributed by atoms with van der Waals surface area (Å²) in [5.74, 6) is 0.801. The van der Waals surface area contributed by atoms with E-state index >= 15 is 0 Å². The summed E-state index contributed by atoms with van der Waals surface area (Å²) in [6.07, 6.45) is 1.00. The largest absolute Gasteiger partial charge is 0.492 e. The maximum atomic E-state index is 11.8. The Hall–Kier alpha value is -2.20. The molecule has 0 bridgehead atoms. The number of halogens is 1. The van der Waals surface area contributed by atoms with E-state index in [9.17, 15) is 4.79 Å². The number of rotatable bonds is 6. The van der Waals surface area contributed by atoms with Gasteiger partial charge in [-0.2, -0.15) is 0 Å². The van der Waals surface area contributed by atoms with E-state index in [1.54, 1.807) is 6.07 Å². The van der Waals surface area contributed by atoms with Crippen LogP contribution in [0.15, 0.2) is 42.5 Å². The molecule has 2 rings (SSSR count).